The summed E-state index contributed by atoms with van der Waals surface area (Å²) in [5.41, 5.74) is 3.62. The molecular weight excluding hydrogens is 478 g/mol. The van der Waals surface area contributed by atoms with Gasteiger partial charge in [-0.05, 0) is 42.2 Å². The molecule has 1 heterocycles. The van der Waals surface area contributed by atoms with Gasteiger partial charge in [-0.1, -0.05) is 105 Å². The fraction of sp³-hybridized carbons (Fsp3) is 0.452. The Morgan fingerprint density at radius 2 is 1.39 bits per heavy atom. The molecule has 0 unspecified atom stereocenters. The van der Waals surface area contributed by atoms with E-state index < -0.39 is 12.1 Å². The fourth-order valence-electron chi connectivity index (χ4n) is 2.65. The molecule has 0 spiro atoms. The third-order valence-corrected chi connectivity index (χ3v) is 4.06. The number of esters is 1. The molecule has 3 rings (SSSR count). The van der Waals surface area contributed by atoms with Gasteiger partial charge >= 0.3 is 12.1 Å². The molecule has 7 nitrogen and oxygen atoms in total. The van der Waals surface area contributed by atoms with Gasteiger partial charge < -0.3 is 14.8 Å². The molecule has 1 aromatic heterocycles. The van der Waals surface area contributed by atoms with Crippen LogP contribution >= 0.6 is 0 Å². The molecule has 1 N–H and O–H groups in total. The summed E-state index contributed by atoms with van der Waals surface area (Å²) in [6.45, 7) is 20.9. The van der Waals surface area contributed by atoms with Crippen molar-refractivity contribution in [3.8, 4) is 5.69 Å². The summed E-state index contributed by atoms with van der Waals surface area (Å²) in [7, 11) is 1.33. The van der Waals surface area contributed by atoms with Crippen LogP contribution in [0, 0.1) is 12.8 Å². The number of hydrogen-bond donors (Lipinski definition) is 1. The Bertz CT molecular complexity index is 995. The van der Waals surface area contributed by atoms with E-state index in [2.05, 4.69) is 31.2 Å². The highest BCUT2D eigenvalue weighted by molar-refractivity contribution is 5.88. The molecule has 0 atom stereocenters. The number of amides is 1. The first-order valence-electron chi connectivity index (χ1n) is 13.5. The van der Waals surface area contributed by atoms with Gasteiger partial charge in [-0.2, -0.15) is 5.10 Å². The van der Waals surface area contributed by atoms with Crippen molar-refractivity contribution in [2.45, 2.75) is 82.4 Å². The van der Waals surface area contributed by atoms with Crippen molar-refractivity contribution in [3.05, 3.63) is 83.2 Å². The first kappa shape index (κ1) is 36.5. The number of aryl methyl sites for hydroxylation is 1. The number of carbonyl (C=O) groups excluding carboxylic acids is 2. The average Bonchev–Trinajstić information content (AvgIpc) is 3.35. The summed E-state index contributed by atoms with van der Waals surface area (Å²) in [5.74, 6) is 0.382. The molecule has 38 heavy (non-hydrogen) atoms. The zero-order chi connectivity index (χ0) is 29.5. The molecule has 212 valence electrons. The van der Waals surface area contributed by atoms with E-state index in [0.717, 1.165) is 22.7 Å². The zero-order valence-corrected chi connectivity index (χ0v) is 25.3. The van der Waals surface area contributed by atoms with Crippen LogP contribution in [0.1, 0.15) is 89.6 Å². The Morgan fingerprint density at radius 1 is 0.868 bits per heavy atom. The Hall–Kier alpha value is -3.61. The molecule has 1 amide bonds. The van der Waals surface area contributed by atoms with Gasteiger partial charge in [0.1, 0.15) is 6.61 Å². The van der Waals surface area contributed by atoms with Crippen LogP contribution in [0.4, 0.5) is 4.79 Å². The topological polar surface area (TPSA) is 82.5 Å². The van der Waals surface area contributed by atoms with E-state index in [0.29, 0.717) is 17.9 Å². The predicted molar refractivity (Wildman–Crippen MR) is 158 cm³/mol. The standard InChI is InChI=1S/C21H21N3O4.C4H10.3C2H6/c1-15-12-19(20(25)27-2)24(23-15)18-10-8-16(9-11-18)13-22-21(26)28-14-17-6-4-3-5-7-17;1-4(2)3;3*1-2/h3-12H,13-14H2,1-2H3,(H,22,26);4H,1-3H3;3*1-2H3. The predicted octanol–water partition coefficient (Wildman–Crippen LogP) is 8.13. The maximum Gasteiger partial charge on any atom is 0.407 e. The summed E-state index contributed by atoms with van der Waals surface area (Å²) in [6.07, 6.45) is -0.483. The largest absolute Gasteiger partial charge is 0.464 e. The fourth-order valence-corrected chi connectivity index (χ4v) is 2.65. The molecule has 7 heteroatoms. The van der Waals surface area contributed by atoms with E-state index in [1.54, 1.807) is 6.07 Å². The molecule has 0 radical (unpaired) electrons. The molecule has 0 aliphatic rings. The van der Waals surface area contributed by atoms with E-state index in [1.165, 1.54) is 11.8 Å². The average molecular weight is 528 g/mol. The number of methoxy groups -OCH3 is 1. The summed E-state index contributed by atoms with van der Waals surface area (Å²) < 4.78 is 11.5. The van der Waals surface area contributed by atoms with Crippen LogP contribution < -0.4 is 5.32 Å². The molecule has 0 aliphatic carbocycles. The number of rotatable bonds is 6. The van der Waals surface area contributed by atoms with E-state index in [4.69, 9.17) is 9.47 Å². The molecule has 0 saturated heterocycles. The summed E-state index contributed by atoms with van der Waals surface area (Å²) in [6, 6.07) is 18.5. The lowest BCUT2D eigenvalue weighted by Gasteiger charge is -2.09. The normalized spacial score (nSPS) is 9.05. The Labute approximate surface area is 230 Å². The van der Waals surface area contributed by atoms with Gasteiger partial charge in [-0.3, -0.25) is 0 Å². The number of ether oxygens (including phenoxy) is 2. The van der Waals surface area contributed by atoms with Crippen molar-refractivity contribution in [3.63, 3.8) is 0 Å². The quantitative estimate of drug-likeness (QED) is 0.327. The summed E-state index contributed by atoms with van der Waals surface area (Å²) in [5, 5.41) is 7.05. The highest BCUT2D eigenvalue weighted by Gasteiger charge is 2.15. The Balaban J connectivity index is 0. The number of aromatic nitrogens is 2. The van der Waals surface area contributed by atoms with Crippen LogP contribution in [0.2, 0.25) is 0 Å². The van der Waals surface area contributed by atoms with E-state index in [9.17, 15) is 9.59 Å². The zero-order valence-electron chi connectivity index (χ0n) is 25.3. The van der Waals surface area contributed by atoms with Crippen molar-refractivity contribution in [2.24, 2.45) is 5.92 Å². The van der Waals surface area contributed by atoms with Gasteiger partial charge in [0.05, 0.1) is 18.5 Å². The minimum Gasteiger partial charge on any atom is -0.464 e. The van der Waals surface area contributed by atoms with Crippen molar-refractivity contribution in [1.82, 2.24) is 15.1 Å². The highest BCUT2D eigenvalue weighted by Crippen LogP contribution is 2.15. The van der Waals surface area contributed by atoms with Crippen molar-refractivity contribution in [1.29, 1.82) is 0 Å². The number of nitrogens with zero attached hydrogens (tertiary/aromatic N) is 2. The van der Waals surface area contributed by atoms with Crippen LogP contribution in [0.3, 0.4) is 0 Å². The van der Waals surface area contributed by atoms with E-state index in [-0.39, 0.29) is 6.61 Å². The van der Waals surface area contributed by atoms with Crippen LogP contribution in [0.25, 0.3) is 5.69 Å². The summed E-state index contributed by atoms with van der Waals surface area (Å²) >= 11 is 0. The highest BCUT2D eigenvalue weighted by atomic mass is 16.5. The first-order valence-corrected chi connectivity index (χ1v) is 13.5. The molecule has 0 bridgehead atoms. The minimum atomic E-state index is -0.483. The molecule has 2 aromatic carbocycles. The van der Waals surface area contributed by atoms with Gasteiger partial charge in [0, 0.05) is 6.54 Å². The maximum atomic E-state index is 11.9. The van der Waals surface area contributed by atoms with Crippen LogP contribution in [0.5, 0.6) is 0 Å². The second kappa shape index (κ2) is 22.6. The SMILES string of the molecule is CC.CC.CC.CC(C)C.COC(=O)c1cc(C)nn1-c1ccc(CNC(=O)OCc2ccccc2)cc1. The minimum absolute atomic E-state index is 0.223. The number of benzene rings is 2. The monoisotopic (exact) mass is 527 g/mol. The Morgan fingerprint density at radius 3 is 1.89 bits per heavy atom. The second-order valence-corrected chi connectivity index (χ2v) is 7.89. The first-order chi connectivity index (χ1) is 18.3. The van der Waals surface area contributed by atoms with Crippen LogP contribution in [0.15, 0.2) is 60.7 Å². The molecule has 0 saturated carbocycles. The number of alkyl carbamates (subject to hydrolysis) is 1. The van der Waals surface area contributed by atoms with Gasteiger partial charge in [0.15, 0.2) is 5.69 Å². The third-order valence-electron chi connectivity index (χ3n) is 4.06. The number of hydrogen-bond acceptors (Lipinski definition) is 5. The summed E-state index contributed by atoms with van der Waals surface area (Å²) in [4.78, 5) is 23.7. The van der Waals surface area contributed by atoms with Gasteiger partial charge in [0.25, 0.3) is 0 Å². The van der Waals surface area contributed by atoms with Gasteiger partial charge in [0.2, 0.25) is 0 Å². The van der Waals surface area contributed by atoms with Crippen molar-refractivity contribution < 1.29 is 19.1 Å². The van der Waals surface area contributed by atoms with Crippen LogP contribution in [-0.4, -0.2) is 29.0 Å². The second-order valence-electron chi connectivity index (χ2n) is 7.89. The van der Waals surface area contributed by atoms with E-state index >= 15 is 0 Å². The number of nitrogens with one attached hydrogen (secondary N) is 1. The maximum absolute atomic E-state index is 11.9. The number of carbonyl (C=O) groups is 2. The smallest absolute Gasteiger partial charge is 0.407 e. The lowest BCUT2D eigenvalue weighted by Crippen LogP contribution is -2.23. The van der Waals surface area contributed by atoms with E-state index in [1.807, 2.05) is 103 Å². The van der Waals surface area contributed by atoms with Crippen LogP contribution in [-0.2, 0) is 22.6 Å². The molecule has 3 aromatic rings. The van der Waals surface area contributed by atoms with Gasteiger partial charge in [-0.25, -0.2) is 14.3 Å². The Kier molecular flexibility index (Phi) is 21.7. The van der Waals surface area contributed by atoms with Crippen molar-refractivity contribution in [2.75, 3.05) is 7.11 Å². The molecule has 0 fully saturated rings. The molecular formula is C31H49N3O4. The lowest BCUT2D eigenvalue weighted by molar-refractivity contribution is 0.0590. The molecule has 0 aliphatic heterocycles. The van der Waals surface area contributed by atoms with Gasteiger partial charge in [-0.15, -0.1) is 0 Å². The van der Waals surface area contributed by atoms with Crippen molar-refractivity contribution >= 4 is 12.1 Å². The third kappa shape index (κ3) is 14.8. The lowest BCUT2D eigenvalue weighted by atomic mass is 10.2.